The molecular formula is C20H20N2O2. The van der Waals surface area contributed by atoms with E-state index in [-0.39, 0.29) is 11.8 Å². The van der Waals surface area contributed by atoms with Gasteiger partial charge in [0.2, 0.25) is 0 Å². The lowest BCUT2D eigenvalue weighted by Crippen LogP contribution is -2.29. The van der Waals surface area contributed by atoms with Crippen molar-refractivity contribution in [1.82, 2.24) is 4.90 Å². The van der Waals surface area contributed by atoms with Gasteiger partial charge in [-0.15, -0.1) is 0 Å². The number of fused-ring (bicyclic) bond motifs is 1. The molecule has 0 spiro atoms. The second-order valence-corrected chi connectivity index (χ2v) is 6.37. The second kappa shape index (κ2) is 6.13. The van der Waals surface area contributed by atoms with Gasteiger partial charge in [-0.3, -0.25) is 4.79 Å². The summed E-state index contributed by atoms with van der Waals surface area (Å²) in [6, 6.07) is 18.0. The molecule has 0 unspecified atom stereocenters. The molecule has 2 N–H and O–H groups in total. The number of nitrogens with two attached hydrogens (primary N) is 1. The summed E-state index contributed by atoms with van der Waals surface area (Å²) in [7, 11) is 0. The number of likely N-dealkylation sites (tertiary alicyclic amines) is 1. The van der Waals surface area contributed by atoms with E-state index in [0.29, 0.717) is 31.1 Å². The van der Waals surface area contributed by atoms with Crippen LogP contribution in [0.25, 0.3) is 11.0 Å². The summed E-state index contributed by atoms with van der Waals surface area (Å²) in [4.78, 5) is 14.9. The minimum atomic E-state index is 0.0248. The first-order chi connectivity index (χ1) is 11.8. The van der Waals surface area contributed by atoms with E-state index in [1.54, 1.807) is 6.26 Å². The Morgan fingerprint density at radius 1 is 1.08 bits per heavy atom. The molecule has 1 fully saturated rings. The lowest BCUT2D eigenvalue weighted by Gasteiger charge is -2.16. The molecule has 0 bridgehead atoms. The summed E-state index contributed by atoms with van der Waals surface area (Å²) in [6.07, 6.45) is 1.57. The van der Waals surface area contributed by atoms with Gasteiger partial charge in [-0.2, -0.15) is 0 Å². The van der Waals surface area contributed by atoms with E-state index >= 15 is 0 Å². The van der Waals surface area contributed by atoms with Gasteiger partial charge in [0, 0.05) is 24.4 Å². The molecule has 2 aromatic carbocycles. The molecule has 122 valence electrons. The SMILES string of the molecule is NC[C@@H]1CN(C(=O)c2coc3ccccc23)C[C@H]1c1ccccc1. The first kappa shape index (κ1) is 15.0. The van der Waals surface area contributed by atoms with Crippen molar-refractivity contribution < 1.29 is 9.21 Å². The molecule has 1 amide bonds. The molecule has 1 aliphatic rings. The van der Waals surface area contributed by atoms with Crippen LogP contribution in [-0.2, 0) is 0 Å². The summed E-state index contributed by atoms with van der Waals surface area (Å²) in [5.74, 6) is 0.602. The van der Waals surface area contributed by atoms with E-state index in [1.807, 2.05) is 47.4 Å². The van der Waals surface area contributed by atoms with Crippen LogP contribution in [0.5, 0.6) is 0 Å². The quantitative estimate of drug-likeness (QED) is 0.806. The maximum absolute atomic E-state index is 13.0. The lowest BCUT2D eigenvalue weighted by molar-refractivity contribution is 0.0787. The molecule has 3 aromatic rings. The number of amides is 1. The molecule has 24 heavy (non-hydrogen) atoms. The van der Waals surface area contributed by atoms with Gasteiger partial charge in [-0.05, 0) is 24.1 Å². The highest BCUT2D eigenvalue weighted by Gasteiger charge is 2.36. The minimum Gasteiger partial charge on any atom is -0.463 e. The predicted octanol–water partition coefficient (Wildman–Crippen LogP) is 3.25. The van der Waals surface area contributed by atoms with Gasteiger partial charge in [0.1, 0.15) is 11.8 Å². The molecule has 2 heterocycles. The third-order valence-electron chi connectivity index (χ3n) is 4.97. The van der Waals surface area contributed by atoms with Crippen molar-refractivity contribution in [3.8, 4) is 0 Å². The summed E-state index contributed by atoms with van der Waals surface area (Å²) < 4.78 is 5.52. The Morgan fingerprint density at radius 2 is 1.83 bits per heavy atom. The van der Waals surface area contributed by atoms with E-state index in [2.05, 4.69) is 12.1 Å². The second-order valence-electron chi connectivity index (χ2n) is 6.37. The molecule has 2 atom stereocenters. The van der Waals surface area contributed by atoms with E-state index < -0.39 is 0 Å². The normalized spacial score (nSPS) is 20.6. The molecular weight excluding hydrogens is 300 g/mol. The van der Waals surface area contributed by atoms with Crippen molar-refractivity contribution in [2.45, 2.75) is 5.92 Å². The zero-order valence-electron chi connectivity index (χ0n) is 13.4. The fourth-order valence-electron chi connectivity index (χ4n) is 3.67. The highest BCUT2D eigenvalue weighted by atomic mass is 16.3. The van der Waals surface area contributed by atoms with Crippen molar-refractivity contribution in [2.24, 2.45) is 11.7 Å². The van der Waals surface area contributed by atoms with Gasteiger partial charge >= 0.3 is 0 Å². The predicted molar refractivity (Wildman–Crippen MR) is 93.8 cm³/mol. The van der Waals surface area contributed by atoms with Crippen molar-refractivity contribution in [3.63, 3.8) is 0 Å². The molecule has 4 heteroatoms. The van der Waals surface area contributed by atoms with Crippen molar-refractivity contribution in [1.29, 1.82) is 0 Å². The number of nitrogens with zero attached hydrogens (tertiary/aromatic N) is 1. The Hall–Kier alpha value is -2.59. The number of benzene rings is 2. The first-order valence-electron chi connectivity index (χ1n) is 8.28. The minimum absolute atomic E-state index is 0.0248. The zero-order chi connectivity index (χ0) is 16.5. The highest BCUT2D eigenvalue weighted by molar-refractivity contribution is 6.06. The van der Waals surface area contributed by atoms with Crippen molar-refractivity contribution in [3.05, 3.63) is 72.0 Å². The van der Waals surface area contributed by atoms with Crippen LogP contribution in [0.1, 0.15) is 21.8 Å². The Balaban J connectivity index is 1.62. The Morgan fingerprint density at radius 3 is 2.62 bits per heavy atom. The van der Waals surface area contributed by atoms with Crippen LogP contribution < -0.4 is 5.73 Å². The summed E-state index contributed by atoms with van der Waals surface area (Å²) in [6.45, 7) is 1.97. The largest absolute Gasteiger partial charge is 0.463 e. The molecule has 1 aliphatic heterocycles. The molecule has 4 rings (SSSR count). The summed E-state index contributed by atoms with van der Waals surface area (Å²) in [5.41, 5.74) is 8.61. The Labute approximate surface area is 140 Å². The van der Waals surface area contributed by atoms with Crippen LogP contribution in [0, 0.1) is 5.92 Å². The van der Waals surface area contributed by atoms with Gasteiger partial charge in [0.15, 0.2) is 0 Å². The number of para-hydroxylation sites is 1. The van der Waals surface area contributed by atoms with Crippen LogP contribution in [0.3, 0.4) is 0 Å². The lowest BCUT2D eigenvalue weighted by atomic mass is 9.89. The maximum atomic E-state index is 13.0. The molecule has 1 aromatic heterocycles. The van der Waals surface area contributed by atoms with Crippen LogP contribution in [0.2, 0.25) is 0 Å². The molecule has 1 saturated heterocycles. The zero-order valence-corrected chi connectivity index (χ0v) is 13.4. The molecule has 4 nitrogen and oxygen atoms in total. The van der Waals surface area contributed by atoms with Gasteiger partial charge in [-0.1, -0.05) is 48.5 Å². The van der Waals surface area contributed by atoms with Crippen LogP contribution in [0.4, 0.5) is 0 Å². The number of carbonyl (C=O) groups excluding carboxylic acids is 1. The third kappa shape index (κ3) is 2.49. The summed E-state index contributed by atoms with van der Waals surface area (Å²) >= 11 is 0. The molecule has 0 aliphatic carbocycles. The third-order valence-corrected chi connectivity index (χ3v) is 4.97. The monoisotopic (exact) mass is 320 g/mol. The molecule has 0 saturated carbocycles. The van der Waals surface area contributed by atoms with E-state index in [4.69, 9.17) is 10.2 Å². The highest BCUT2D eigenvalue weighted by Crippen LogP contribution is 2.33. The van der Waals surface area contributed by atoms with Crippen molar-refractivity contribution >= 4 is 16.9 Å². The fraction of sp³-hybridized carbons (Fsp3) is 0.250. The Bertz CT molecular complexity index is 856. The number of hydrogen-bond donors (Lipinski definition) is 1. The maximum Gasteiger partial charge on any atom is 0.257 e. The first-order valence-corrected chi connectivity index (χ1v) is 8.28. The number of furan rings is 1. The van der Waals surface area contributed by atoms with Gasteiger partial charge in [-0.25, -0.2) is 0 Å². The smallest absolute Gasteiger partial charge is 0.257 e. The van der Waals surface area contributed by atoms with E-state index in [0.717, 1.165) is 11.0 Å². The van der Waals surface area contributed by atoms with Crippen LogP contribution in [-0.4, -0.2) is 30.4 Å². The standard InChI is InChI=1S/C20H20N2O2/c21-10-15-11-22(12-17(15)14-6-2-1-3-7-14)20(23)18-13-24-19-9-5-4-8-16(18)19/h1-9,13,15,17H,10-12,21H2/t15-,17+/m1/s1. The van der Waals surface area contributed by atoms with E-state index in [1.165, 1.54) is 5.56 Å². The van der Waals surface area contributed by atoms with Crippen LogP contribution in [0.15, 0.2) is 65.3 Å². The fourth-order valence-corrected chi connectivity index (χ4v) is 3.67. The van der Waals surface area contributed by atoms with Gasteiger partial charge in [0.25, 0.3) is 5.91 Å². The number of carbonyl (C=O) groups is 1. The number of rotatable bonds is 3. The number of hydrogen-bond acceptors (Lipinski definition) is 3. The Kier molecular flexibility index (Phi) is 3.82. The average molecular weight is 320 g/mol. The van der Waals surface area contributed by atoms with Crippen molar-refractivity contribution in [2.75, 3.05) is 19.6 Å². The average Bonchev–Trinajstić information content (AvgIpc) is 3.26. The van der Waals surface area contributed by atoms with Gasteiger partial charge < -0.3 is 15.1 Å². The topological polar surface area (TPSA) is 59.5 Å². The van der Waals surface area contributed by atoms with Gasteiger partial charge in [0.05, 0.1) is 5.56 Å². The molecule has 0 radical (unpaired) electrons. The van der Waals surface area contributed by atoms with Crippen LogP contribution >= 0.6 is 0 Å². The van der Waals surface area contributed by atoms with E-state index in [9.17, 15) is 4.79 Å². The summed E-state index contributed by atoms with van der Waals surface area (Å²) in [5, 5.41) is 0.870.